The molecule has 1 aromatic heterocycles. The van der Waals surface area contributed by atoms with Gasteiger partial charge >= 0.3 is 0 Å². The molecule has 1 heterocycles. The van der Waals surface area contributed by atoms with E-state index in [0.717, 1.165) is 5.69 Å². The molecule has 15 heavy (non-hydrogen) atoms. The van der Waals surface area contributed by atoms with Crippen molar-refractivity contribution in [2.75, 3.05) is 6.61 Å². The number of pyridine rings is 1. The fraction of sp³-hybridized carbons (Fsp3) is 0.400. The van der Waals surface area contributed by atoms with Crippen molar-refractivity contribution in [1.29, 1.82) is 0 Å². The van der Waals surface area contributed by atoms with E-state index in [1.165, 1.54) is 6.20 Å². The number of amides is 1. The summed E-state index contributed by atoms with van der Waals surface area (Å²) in [4.78, 5) is 15.6. The monoisotopic (exact) mass is 228 g/mol. The summed E-state index contributed by atoms with van der Waals surface area (Å²) in [5.74, 6) is -0.325. The molecular weight excluding hydrogens is 216 g/mol. The Labute approximate surface area is 93.3 Å². The van der Waals surface area contributed by atoms with Gasteiger partial charge in [-0.15, -0.1) is 0 Å². The molecule has 0 aliphatic rings. The van der Waals surface area contributed by atoms with Crippen LogP contribution in [0.2, 0.25) is 5.02 Å². The minimum Gasteiger partial charge on any atom is -0.394 e. The highest BCUT2D eigenvalue weighted by Crippen LogP contribution is 2.15. The summed E-state index contributed by atoms with van der Waals surface area (Å²) in [6.45, 7) is 3.39. The van der Waals surface area contributed by atoms with Crippen LogP contribution in [-0.4, -0.2) is 28.6 Å². The van der Waals surface area contributed by atoms with Crippen LogP contribution in [0.15, 0.2) is 12.3 Å². The predicted molar refractivity (Wildman–Crippen MR) is 58.0 cm³/mol. The van der Waals surface area contributed by atoms with E-state index < -0.39 is 0 Å². The third-order valence-electron chi connectivity index (χ3n) is 1.89. The number of aliphatic hydroxyl groups is 1. The molecule has 1 atom stereocenters. The van der Waals surface area contributed by atoms with Gasteiger partial charge in [-0.3, -0.25) is 9.78 Å². The first kappa shape index (κ1) is 11.9. The van der Waals surface area contributed by atoms with Gasteiger partial charge in [-0.05, 0) is 19.9 Å². The van der Waals surface area contributed by atoms with Gasteiger partial charge in [0.2, 0.25) is 0 Å². The number of nitrogens with zero attached hydrogens (tertiary/aromatic N) is 1. The average Bonchev–Trinajstić information content (AvgIpc) is 2.17. The molecule has 0 aromatic carbocycles. The Balaban J connectivity index is 2.82. The van der Waals surface area contributed by atoms with Crippen LogP contribution in [0.3, 0.4) is 0 Å². The van der Waals surface area contributed by atoms with Crippen LogP contribution in [0.5, 0.6) is 0 Å². The topological polar surface area (TPSA) is 62.2 Å². The standard InChI is InChI=1S/C10H13ClN2O2/c1-6-3-9(11)8(4-12-6)10(15)13-7(2)5-14/h3-4,7,14H,5H2,1-2H3,(H,13,15). The van der Waals surface area contributed by atoms with Gasteiger partial charge in [0.25, 0.3) is 5.91 Å². The number of aromatic nitrogens is 1. The number of rotatable bonds is 3. The van der Waals surface area contributed by atoms with E-state index in [1.54, 1.807) is 19.9 Å². The van der Waals surface area contributed by atoms with E-state index in [-0.39, 0.29) is 18.6 Å². The largest absolute Gasteiger partial charge is 0.394 e. The predicted octanol–water partition coefficient (Wildman–Crippen LogP) is 1.15. The fourth-order valence-corrected chi connectivity index (χ4v) is 1.33. The summed E-state index contributed by atoms with van der Waals surface area (Å²) in [5, 5.41) is 11.7. The van der Waals surface area contributed by atoms with Crippen molar-refractivity contribution >= 4 is 17.5 Å². The number of carbonyl (C=O) groups is 1. The van der Waals surface area contributed by atoms with Crippen molar-refractivity contribution in [3.05, 3.63) is 28.5 Å². The Bertz CT molecular complexity index is 368. The molecule has 0 aliphatic carbocycles. The summed E-state index contributed by atoms with van der Waals surface area (Å²) in [6.07, 6.45) is 1.43. The second kappa shape index (κ2) is 5.09. The maximum absolute atomic E-state index is 11.6. The minimum absolute atomic E-state index is 0.108. The number of halogens is 1. The van der Waals surface area contributed by atoms with Crippen molar-refractivity contribution < 1.29 is 9.90 Å². The Morgan fingerprint density at radius 2 is 2.40 bits per heavy atom. The Morgan fingerprint density at radius 3 is 2.93 bits per heavy atom. The van der Waals surface area contributed by atoms with Crippen LogP contribution in [0, 0.1) is 6.92 Å². The summed E-state index contributed by atoms with van der Waals surface area (Å²) in [6, 6.07) is 1.33. The molecule has 0 fully saturated rings. The Kier molecular flexibility index (Phi) is 4.05. The third kappa shape index (κ3) is 3.18. The van der Waals surface area contributed by atoms with Gasteiger partial charge in [0.05, 0.1) is 17.2 Å². The second-order valence-electron chi connectivity index (χ2n) is 3.36. The molecular formula is C10H13ClN2O2. The lowest BCUT2D eigenvalue weighted by Crippen LogP contribution is -2.35. The fourth-order valence-electron chi connectivity index (χ4n) is 1.04. The van der Waals surface area contributed by atoms with Gasteiger partial charge < -0.3 is 10.4 Å². The maximum Gasteiger partial charge on any atom is 0.254 e. The van der Waals surface area contributed by atoms with E-state index in [0.29, 0.717) is 10.6 Å². The van der Waals surface area contributed by atoms with E-state index in [4.69, 9.17) is 16.7 Å². The van der Waals surface area contributed by atoms with E-state index in [1.807, 2.05) is 0 Å². The SMILES string of the molecule is Cc1cc(Cl)c(C(=O)NC(C)CO)cn1. The van der Waals surface area contributed by atoms with Crippen molar-refractivity contribution in [2.45, 2.75) is 19.9 Å². The first-order chi connectivity index (χ1) is 7.04. The number of hydrogen-bond acceptors (Lipinski definition) is 3. The van der Waals surface area contributed by atoms with Gasteiger partial charge in [0, 0.05) is 17.9 Å². The van der Waals surface area contributed by atoms with E-state index in [9.17, 15) is 4.79 Å². The number of hydrogen-bond donors (Lipinski definition) is 2. The summed E-state index contributed by atoms with van der Waals surface area (Å²) >= 11 is 5.89. The number of nitrogens with one attached hydrogen (secondary N) is 1. The maximum atomic E-state index is 11.6. The minimum atomic E-state index is -0.325. The van der Waals surface area contributed by atoms with Crippen molar-refractivity contribution in [3.8, 4) is 0 Å². The number of carbonyl (C=O) groups excluding carboxylic acids is 1. The van der Waals surface area contributed by atoms with Crippen LogP contribution in [0.4, 0.5) is 0 Å². The molecule has 2 N–H and O–H groups in total. The molecule has 1 unspecified atom stereocenters. The van der Waals surface area contributed by atoms with Crippen LogP contribution in [0.25, 0.3) is 0 Å². The summed E-state index contributed by atoms with van der Waals surface area (Å²) in [7, 11) is 0. The van der Waals surface area contributed by atoms with Gasteiger partial charge in [-0.1, -0.05) is 11.6 Å². The zero-order valence-electron chi connectivity index (χ0n) is 8.62. The molecule has 4 nitrogen and oxygen atoms in total. The number of aliphatic hydroxyl groups excluding tert-OH is 1. The lowest BCUT2D eigenvalue weighted by atomic mass is 10.2. The van der Waals surface area contributed by atoms with E-state index >= 15 is 0 Å². The zero-order chi connectivity index (χ0) is 11.4. The first-order valence-corrected chi connectivity index (χ1v) is 4.96. The van der Waals surface area contributed by atoms with Crippen LogP contribution in [0.1, 0.15) is 23.0 Å². The smallest absolute Gasteiger partial charge is 0.254 e. The highest BCUT2D eigenvalue weighted by molar-refractivity contribution is 6.33. The second-order valence-corrected chi connectivity index (χ2v) is 3.77. The van der Waals surface area contributed by atoms with E-state index in [2.05, 4.69) is 10.3 Å². The van der Waals surface area contributed by atoms with Crippen LogP contribution >= 0.6 is 11.6 Å². The molecule has 1 amide bonds. The van der Waals surface area contributed by atoms with Crippen molar-refractivity contribution in [2.24, 2.45) is 0 Å². The van der Waals surface area contributed by atoms with Gasteiger partial charge in [0.1, 0.15) is 0 Å². The average molecular weight is 229 g/mol. The molecule has 5 heteroatoms. The third-order valence-corrected chi connectivity index (χ3v) is 2.20. The first-order valence-electron chi connectivity index (χ1n) is 4.58. The molecule has 1 aromatic rings. The quantitative estimate of drug-likeness (QED) is 0.816. The highest BCUT2D eigenvalue weighted by Gasteiger charge is 2.12. The molecule has 0 bridgehead atoms. The van der Waals surface area contributed by atoms with Gasteiger partial charge in [0.15, 0.2) is 0 Å². The Hall–Kier alpha value is -1.13. The van der Waals surface area contributed by atoms with Gasteiger partial charge in [-0.2, -0.15) is 0 Å². The normalized spacial score (nSPS) is 12.3. The molecule has 0 aliphatic heterocycles. The lowest BCUT2D eigenvalue weighted by molar-refractivity contribution is 0.0922. The molecule has 1 rings (SSSR count). The molecule has 0 radical (unpaired) electrons. The molecule has 0 saturated carbocycles. The summed E-state index contributed by atoms with van der Waals surface area (Å²) in [5.41, 5.74) is 1.08. The molecule has 0 spiro atoms. The highest BCUT2D eigenvalue weighted by atomic mass is 35.5. The molecule has 82 valence electrons. The van der Waals surface area contributed by atoms with Crippen molar-refractivity contribution in [3.63, 3.8) is 0 Å². The van der Waals surface area contributed by atoms with Crippen molar-refractivity contribution in [1.82, 2.24) is 10.3 Å². The zero-order valence-corrected chi connectivity index (χ0v) is 9.38. The van der Waals surface area contributed by atoms with Crippen LogP contribution in [-0.2, 0) is 0 Å². The Morgan fingerprint density at radius 1 is 1.73 bits per heavy atom. The van der Waals surface area contributed by atoms with Gasteiger partial charge in [-0.25, -0.2) is 0 Å². The van der Waals surface area contributed by atoms with Crippen LogP contribution < -0.4 is 5.32 Å². The summed E-state index contributed by atoms with van der Waals surface area (Å²) < 4.78 is 0. The number of aryl methyl sites for hydroxylation is 1. The molecule has 0 saturated heterocycles. The lowest BCUT2D eigenvalue weighted by Gasteiger charge is -2.11.